The molecule has 7 heteroatoms. The summed E-state index contributed by atoms with van der Waals surface area (Å²) in [7, 11) is 0. The highest BCUT2D eigenvalue weighted by atomic mass is 19.3. The molecule has 0 saturated heterocycles. The van der Waals surface area contributed by atoms with Crippen LogP contribution < -0.4 is 5.73 Å². The van der Waals surface area contributed by atoms with Gasteiger partial charge in [0.05, 0.1) is 4.92 Å². The average Bonchev–Trinajstić information content (AvgIpc) is 2.16. The molecule has 0 atom stereocenters. The molecular formula is C8H9F2N3O2. The van der Waals surface area contributed by atoms with E-state index < -0.39 is 22.6 Å². The summed E-state index contributed by atoms with van der Waals surface area (Å²) in [6, 6.07) is 0. The number of nitrogens with two attached hydrogens (primary N) is 1. The van der Waals surface area contributed by atoms with Gasteiger partial charge >= 0.3 is 0 Å². The molecule has 0 aromatic carbocycles. The van der Waals surface area contributed by atoms with E-state index in [4.69, 9.17) is 5.73 Å². The Labute approximate surface area is 84.1 Å². The van der Waals surface area contributed by atoms with Crippen molar-refractivity contribution in [1.82, 2.24) is 4.98 Å². The Morgan fingerprint density at radius 3 is 2.67 bits per heavy atom. The molecule has 2 N–H and O–H groups in total. The summed E-state index contributed by atoms with van der Waals surface area (Å²) < 4.78 is 25.3. The number of halogens is 2. The zero-order valence-corrected chi connectivity index (χ0v) is 7.91. The molecule has 0 saturated carbocycles. The van der Waals surface area contributed by atoms with Crippen molar-refractivity contribution in [1.29, 1.82) is 0 Å². The van der Waals surface area contributed by atoms with E-state index in [1.807, 2.05) is 0 Å². The molecule has 1 aromatic heterocycles. The predicted octanol–water partition coefficient (Wildman–Crippen LogP) is 1.69. The van der Waals surface area contributed by atoms with Gasteiger partial charge in [-0.2, -0.15) is 0 Å². The van der Waals surface area contributed by atoms with Gasteiger partial charge in [0.1, 0.15) is 11.8 Å². The quantitative estimate of drug-likeness (QED) is 0.617. The fourth-order valence-electron chi connectivity index (χ4n) is 1.30. The second-order valence-electron chi connectivity index (χ2n) is 2.88. The third-order valence-corrected chi connectivity index (χ3v) is 2.04. The standard InChI is InChI=1S/C8H9F2N3O2/c1-4-5(2-11)7(8(9)10)6(3-12-4)13(14)15/h3,8H,2,11H2,1H3. The molecular weight excluding hydrogens is 208 g/mol. The third-order valence-electron chi connectivity index (χ3n) is 2.04. The zero-order chi connectivity index (χ0) is 11.6. The van der Waals surface area contributed by atoms with E-state index in [2.05, 4.69) is 4.98 Å². The molecule has 1 aromatic rings. The van der Waals surface area contributed by atoms with Crippen LogP contribution in [0.5, 0.6) is 0 Å². The van der Waals surface area contributed by atoms with E-state index >= 15 is 0 Å². The Balaban J connectivity index is 3.49. The number of rotatable bonds is 3. The Kier molecular flexibility index (Phi) is 3.25. The van der Waals surface area contributed by atoms with Crippen molar-refractivity contribution in [3.8, 4) is 0 Å². The van der Waals surface area contributed by atoms with Crippen molar-refractivity contribution in [3.05, 3.63) is 33.1 Å². The average molecular weight is 217 g/mol. The molecule has 1 heterocycles. The van der Waals surface area contributed by atoms with Crippen molar-refractivity contribution >= 4 is 5.69 Å². The SMILES string of the molecule is Cc1ncc([N+](=O)[O-])c(C(F)F)c1CN. The minimum atomic E-state index is -2.93. The largest absolute Gasteiger partial charge is 0.326 e. The molecule has 0 bridgehead atoms. The van der Waals surface area contributed by atoms with Gasteiger partial charge in [-0.1, -0.05) is 0 Å². The maximum absolute atomic E-state index is 12.6. The maximum atomic E-state index is 12.6. The van der Waals surface area contributed by atoms with Crippen LogP contribution in [0.15, 0.2) is 6.20 Å². The fraction of sp³-hybridized carbons (Fsp3) is 0.375. The van der Waals surface area contributed by atoms with Crippen LogP contribution in [0.4, 0.5) is 14.5 Å². The highest BCUT2D eigenvalue weighted by Crippen LogP contribution is 2.32. The number of hydrogen-bond acceptors (Lipinski definition) is 4. The van der Waals surface area contributed by atoms with Crippen molar-refractivity contribution < 1.29 is 13.7 Å². The molecule has 0 fully saturated rings. The molecule has 0 aliphatic carbocycles. The molecule has 0 aliphatic rings. The van der Waals surface area contributed by atoms with E-state index in [0.717, 1.165) is 6.20 Å². The van der Waals surface area contributed by atoms with Crippen LogP contribution in [0.2, 0.25) is 0 Å². The van der Waals surface area contributed by atoms with Crippen molar-refractivity contribution in [2.24, 2.45) is 5.73 Å². The van der Waals surface area contributed by atoms with Crippen molar-refractivity contribution in [3.63, 3.8) is 0 Å². The first-order chi connectivity index (χ1) is 6.99. The Bertz CT molecular complexity index is 396. The molecule has 0 aliphatic heterocycles. The highest BCUT2D eigenvalue weighted by Gasteiger charge is 2.26. The summed E-state index contributed by atoms with van der Waals surface area (Å²) >= 11 is 0. The fourth-order valence-corrected chi connectivity index (χ4v) is 1.30. The maximum Gasteiger partial charge on any atom is 0.296 e. The Hall–Kier alpha value is -1.63. The second kappa shape index (κ2) is 4.26. The lowest BCUT2D eigenvalue weighted by Crippen LogP contribution is -2.09. The molecule has 0 radical (unpaired) electrons. The van der Waals surface area contributed by atoms with Gasteiger partial charge in [0.2, 0.25) is 0 Å². The lowest BCUT2D eigenvalue weighted by atomic mass is 10.1. The van der Waals surface area contributed by atoms with Crippen LogP contribution in [0.3, 0.4) is 0 Å². The van der Waals surface area contributed by atoms with Gasteiger partial charge < -0.3 is 5.73 Å². The monoisotopic (exact) mass is 217 g/mol. The van der Waals surface area contributed by atoms with Gasteiger partial charge in [-0.05, 0) is 6.92 Å². The van der Waals surface area contributed by atoms with Gasteiger partial charge in [-0.3, -0.25) is 15.1 Å². The number of aryl methyl sites for hydroxylation is 1. The van der Waals surface area contributed by atoms with Crippen LogP contribution in [-0.2, 0) is 6.54 Å². The number of pyridine rings is 1. The normalized spacial score (nSPS) is 10.7. The van der Waals surface area contributed by atoms with Crippen molar-refractivity contribution in [2.45, 2.75) is 19.9 Å². The van der Waals surface area contributed by atoms with Crippen LogP contribution in [0.25, 0.3) is 0 Å². The van der Waals surface area contributed by atoms with Gasteiger partial charge in [0.15, 0.2) is 0 Å². The lowest BCUT2D eigenvalue weighted by molar-refractivity contribution is -0.386. The number of hydrogen-bond donors (Lipinski definition) is 1. The Morgan fingerprint density at radius 1 is 1.67 bits per heavy atom. The van der Waals surface area contributed by atoms with E-state index in [9.17, 15) is 18.9 Å². The number of aromatic nitrogens is 1. The lowest BCUT2D eigenvalue weighted by Gasteiger charge is -2.09. The minimum Gasteiger partial charge on any atom is -0.326 e. The van der Waals surface area contributed by atoms with E-state index in [1.54, 1.807) is 0 Å². The van der Waals surface area contributed by atoms with Gasteiger partial charge in [-0.25, -0.2) is 8.78 Å². The molecule has 0 amide bonds. The summed E-state index contributed by atoms with van der Waals surface area (Å²) in [6.45, 7) is 1.29. The second-order valence-corrected chi connectivity index (χ2v) is 2.88. The number of alkyl halides is 2. The third kappa shape index (κ3) is 2.07. The van der Waals surface area contributed by atoms with Gasteiger partial charge in [0, 0.05) is 17.8 Å². The predicted molar refractivity (Wildman–Crippen MR) is 48.5 cm³/mol. The van der Waals surface area contributed by atoms with E-state index in [1.165, 1.54) is 6.92 Å². The highest BCUT2D eigenvalue weighted by molar-refractivity contribution is 5.46. The molecule has 82 valence electrons. The molecule has 15 heavy (non-hydrogen) atoms. The van der Waals surface area contributed by atoms with Crippen LogP contribution >= 0.6 is 0 Å². The Morgan fingerprint density at radius 2 is 2.27 bits per heavy atom. The number of nitrogens with zero attached hydrogens (tertiary/aromatic N) is 2. The summed E-state index contributed by atoms with van der Waals surface area (Å²) in [5.74, 6) is 0. The summed E-state index contributed by atoms with van der Waals surface area (Å²) in [6.07, 6.45) is -2.10. The summed E-state index contributed by atoms with van der Waals surface area (Å²) in [5, 5.41) is 10.5. The van der Waals surface area contributed by atoms with Crippen LogP contribution in [0.1, 0.15) is 23.2 Å². The molecule has 0 unspecified atom stereocenters. The van der Waals surface area contributed by atoms with E-state index in [-0.39, 0.29) is 12.1 Å². The van der Waals surface area contributed by atoms with Crippen molar-refractivity contribution in [2.75, 3.05) is 0 Å². The first-order valence-corrected chi connectivity index (χ1v) is 4.10. The van der Waals surface area contributed by atoms with Crippen LogP contribution in [-0.4, -0.2) is 9.91 Å². The zero-order valence-electron chi connectivity index (χ0n) is 7.91. The topological polar surface area (TPSA) is 82.0 Å². The first kappa shape index (κ1) is 11.4. The smallest absolute Gasteiger partial charge is 0.296 e. The van der Waals surface area contributed by atoms with Crippen LogP contribution in [0, 0.1) is 17.0 Å². The minimum absolute atomic E-state index is 0.0409. The molecule has 0 spiro atoms. The summed E-state index contributed by atoms with van der Waals surface area (Å²) in [5.41, 5.74) is 4.28. The van der Waals surface area contributed by atoms with E-state index in [0.29, 0.717) is 5.69 Å². The number of nitro groups is 1. The molecule has 5 nitrogen and oxygen atoms in total. The first-order valence-electron chi connectivity index (χ1n) is 4.10. The summed E-state index contributed by atoms with van der Waals surface area (Å²) in [4.78, 5) is 13.3. The van der Waals surface area contributed by atoms with Gasteiger partial charge in [-0.15, -0.1) is 0 Å². The molecule has 1 rings (SSSR count). The van der Waals surface area contributed by atoms with Gasteiger partial charge in [0.25, 0.3) is 12.1 Å².